The molecule has 0 bridgehead atoms. The molecule has 0 aromatic carbocycles. The van der Waals surface area contributed by atoms with E-state index in [4.69, 9.17) is 5.11 Å². The van der Waals surface area contributed by atoms with Crippen molar-refractivity contribution >= 4 is 5.91 Å². The van der Waals surface area contributed by atoms with Crippen LogP contribution in [0.1, 0.15) is 13.8 Å². The number of nitrogens with one attached hydrogen (secondary N) is 1. The highest BCUT2D eigenvalue weighted by Gasteiger charge is 2.17. The first-order valence-electron chi connectivity index (χ1n) is 3.46. The van der Waals surface area contributed by atoms with Crippen molar-refractivity contribution in [2.24, 2.45) is 11.8 Å². The molecule has 3 heteroatoms. The SMILES string of the molecule is CNC(=O)C(C)C(C)CO. The Morgan fingerprint density at radius 3 is 2.40 bits per heavy atom. The Morgan fingerprint density at radius 1 is 1.60 bits per heavy atom. The van der Waals surface area contributed by atoms with Gasteiger partial charge in [0.05, 0.1) is 0 Å². The number of hydrogen-bond donors (Lipinski definition) is 2. The predicted molar refractivity (Wildman–Crippen MR) is 39.5 cm³/mol. The summed E-state index contributed by atoms with van der Waals surface area (Å²) >= 11 is 0. The molecule has 2 atom stereocenters. The van der Waals surface area contributed by atoms with Gasteiger partial charge in [-0.1, -0.05) is 13.8 Å². The van der Waals surface area contributed by atoms with E-state index in [1.807, 2.05) is 6.92 Å². The number of rotatable bonds is 3. The summed E-state index contributed by atoms with van der Waals surface area (Å²) in [4.78, 5) is 10.9. The van der Waals surface area contributed by atoms with Gasteiger partial charge >= 0.3 is 0 Å². The lowest BCUT2D eigenvalue weighted by Crippen LogP contribution is -2.30. The molecule has 0 fully saturated rings. The van der Waals surface area contributed by atoms with Crippen LogP contribution in [0.25, 0.3) is 0 Å². The summed E-state index contributed by atoms with van der Waals surface area (Å²) in [6, 6.07) is 0. The van der Waals surface area contributed by atoms with E-state index in [-0.39, 0.29) is 24.3 Å². The van der Waals surface area contributed by atoms with E-state index >= 15 is 0 Å². The van der Waals surface area contributed by atoms with Crippen molar-refractivity contribution in [2.45, 2.75) is 13.8 Å². The molecule has 0 aliphatic rings. The van der Waals surface area contributed by atoms with Crippen LogP contribution in [0.15, 0.2) is 0 Å². The fourth-order valence-electron chi connectivity index (χ4n) is 0.644. The number of amides is 1. The predicted octanol–water partition coefficient (Wildman–Crippen LogP) is -0.00310. The molecule has 2 unspecified atom stereocenters. The van der Waals surface area contributed by atoms with Crippen molar-refractivity contribution in [3.05, 3.63) is 0 Å². The molecule has 0 aliphatic carbocycles. The van der Waals surface area contributed by atoms with Crippen LogP contribution < -0.4 is 5.32 Å². The van der Waals surface area contributed by atoms with Crippen molar-refractivity contribution in [3.63, 3.8) is 0 Å². The van der Waals surface area contributed by atoms with E-state index in [2.05, 4.69) is 5.32 Å². The lowest BCUT2D eigenvalue weighted by Gasteiger charge is -2.14. The minimum Gasteiger partial charge on any atom is -0.396 e. The fourth-order valence-corrected chi connectivity index (χ4v) is 0.644. The molecule has 2 N–H and O–H groups in total. The summed E-state index contributed by atoms with van der Waals surface area (Å²) in [5, 5.41) is 11.2. The van der Waals surface area contributed by atoms with Crippen LogP contribution >= 0.6 is 0 Å². The van der Waals surface area contributed by atoms with Gasteiger partial charge in [-0.15, -0.1) is 0 Å². The first-order chi connectivity index (χ1) is 4.63. The maximum Gasteiger partial charge on any atom is 0.222 e. The van der Waals surface area contributed by atoms with Gasteiger partial charge in [0.1, 0.15) is 0 Å². The van der Waals surface area contributed by atoms with E-state index in [0.29, 0.717) is 0 Å². The van der Waals surface area contributed by atoms with Crippen LogP contribution in [0.2, 0.25) is 0 Å². The smallest absolute Gasteiger partial charge is 0.222 e. The van der Waals surface area contributed by atoms with Crippen molar-refractivity contribution in [1.82, 2.24) is 5.32 Å². The average molecular weight is 145 g/mol. The van der Waals surface area contributed by atoms with Crippen LogP contribution in [-0.4, -0.2) is 24.7 Å². The monoisotopic (exact) mass is 145 g/mol. The molecule has 0 radical (unpaired) electrons. The van der Waals surface area contributed by atoms with Crippen LogP contribution in [0, 0.1) is 11.8 Å². The molecule has 0 heterocycles. The van der Waals surface area contributed by atoms with Crippen molar-refractivity contribution in [1.29, 1.82) is 0 Å². The highest BCUT2D eigenvalue weighted by molar-refractivity contribution is 5.78. The van der Waals surface area contributed by atoms with Crippen molar-refractivity contribution in [3.8, 4) is 0 Å². The van der Waals surface area contributed by atoms with Gasteiger partial charge in [0.25, 0.3) is 0 Å². The minimum atomic E-state index is -0.102. The lowest BCUT2D eigenvalue weighted by atomic mass is 9.96. The molecular formula is C7H15NO2. The zero-order valence-corrected chi connectivity index (χ0v) is 6.72. The van der Waals surface area contributed by atoms with Gasteiger partial charge in [0.2, 0.25) is 5.91 Å². The Hall–Kier alpha value is -0.570. The Bertz CT molecular complexity index is 114. The Labute approximate surface area is 61.4 Å². The van der Waals surface area contributed by atoms with E-state index in [0.717, 1.165) is 0 Å². The fraction of sp³-hybridized carbons (Fsp3) is 0.857. The topological polar surface area (TPSA) is 49.3 Å². The summed E-state index contributed by atoms with van der Waals surface area (Å²) in [6.07, 6.45) is 0. The van der Waals surface area contributed by atoms with E-state index in [9.17, 15) is 4.79 Å². The third-order valence-electron chi connectivity index (χ3n) is 1.80. The van der Waals surface area contributed by atoms with Gasteiger partial charge < -0.3 is 10.4 Å². The first kappa shape index (κ1) is 9.43. The third-order valence-corrected chi connectivity index (χ3v) is 1.80. The molecule has 1 amide bonds. The van der Waals surface area contributed by atoms with Gasteiger partial charge in [-0.3, -0.25) is 4.79 Å². The van der Waals surface area contributed by atoms with Crippen molar-refractivity contribution < 1.29 is 9.90 Å². The number of carbonyl (C=O) groups excluding carboxylic acids is 1. The van der Waals surface area contributed by atoms with Gasteiger partial charge in [-0.25, -0.2) is 0 Å². The Kier molecular flexibility index (Phi) is 4.03. The van der Waals surface area contributed by atoms with Gasteiger partial charge in [-0.05, 0) is 5.92 Å². The average Bonchev–Trinajstić information content (AvgIpc) is 2.00. The highest BCUT2D eigenvalue weighted by atomic mass is 16.3. The maximum atomic E-state index is 10.9. The number of aliphatic hydroxyl groups is 1. The number of aliphatic hydroxyl groups excluding tert-OH is 1. The van der Waals surface area contributed by atoms with Crippen LogP contribution in [0.4, 0.5) is 0 Å². The molecule has 0 spiro atoms. The second kappa shape index (κ2) is 4.28. The zero-order valence-electron chi connectivity index (χ0n) is 6.72. The van der Waals surface area contributed by atoms with Crippen LogP contribution in [-0.2, 0) is 4.79 Å². The van der Waals surface area contributed by atoms with Gasteiger partial charge in [0.15, 0.2) is 0 Å². The zero-order chi connectivity index (χ0) is 8.15. The van der Waals surface area contributed by atoms with Crippen molar-refractivity contribution in [2.75, 3.05) is 13.7 Å². The summed E-state index contributed by atoms with van der Waals surface area (Å²) in [5.74, 6) is -0.0727. The molecule has 10 heavy (non-hydrogen) atoms. The quantitative estimate of drug-likeness (QED) is 0.587. The number of carbonyl (C=O) groups is 1. The molecule has 0 aromatic rings. The molecule has 60 valence electrons. The second-order valence-electron chi connectivity index (χ2n) is 2.56. The lowest BCUT2D eigenvalue weighted by molar-refractivity contribution is -0.125. The van der Waals surface area contributed by atoms with E-state index < -0.39 is 0 Å². The molecule has 0 saturated carbocycles. The molecule has 0 aromatic heterocycles. The standard InChI is InChI=1S/C7H15NO2/c1-5(4-9)6(2)7(10)8-3/h5-6,9H,4H2,1-3H3,(H,8,10). The summed E-state index contributed by atoms with van der Waals surface area (Å²) in [6.45, 7) is 3.72. The van der Waals surface area contributed by atoms with E-state index in [1.165, 1.54) is 0 Å². The molecular weight excluding hydrogens is 130 g/mol. The Balaban J connectivity index is 3.81. The molecule has 0 rings (SSSR count). The second-order valence-corrected chi connectivity index (χ2v) is 2.56. The summed E-state index contributed by atoms with van der Waals surface area (Å²) < 4.78 is 0. The molecule has 0 aliphatic heterocycles. The summed E-state index contributed by atoms with van der Waals surface area (Å²) in [5.41, 5.74) is 0. The number of hydrogen-bond acceptors (Lipinski definition) is 2. The summed E-state index contributed by atoms with van der Waals surface area (Å²) in [7, 11) is 1.60. The largest absolute Gasteiger partial charge is 0.396 e. The molecule has 0 saturated heterocycles. The van der Waals surface area contributed by atoms with E-state index in [1.54, 1.807) is 14.0 Å². The van der Waals surface area contributed by atoms with Gasteiger partial charge in [-0.2, -0.15) is 0 Å². The maximum absolute atomic E-state index is 10.9. The highest BCUT2D eigenvalue weighted by Crippen LogP contribution is 2.08. The van der Waals surface area contributed by atoms with Gasteiger partial charge in [0, 0.05) is 19.6 Å². The normalized spacial score (nSPS) is 16.0. The first-order valence-corrected chi connectivity index (χ1v) is 3.46. The van der Waals surface area contributed by atoms with Crippen LogP contribution in [0.3, 0.4) is 0 Å². The Morgan fingerprint density at radius 2 is 2.10 bits per heavy atom. The van der Waals surface area contributed by atoms with Crippen LogP contribution in [0.5, 0.6) is 0 Å². The molecule has 3 nitrogen and oxygen atoms in total. The third kappa shape index (κ3) is 2.35. The minimum absolute atomic E-state index is 0.0125.